The molecule has 0 saturated carbocycles. The van der Waals surface area contributed by atoms with Crippen LogP contribution in [0.4, 0.5) is 5.13 Å². The quantitative estimate of drug-likeness (QED) is 0.440. The van der Waals surface area contributed by atoms with E-state index in [1.165, 1.54) is 46.9 Å². The van der Waals surface area contributed by atoms with Crippen molar-refractivity contribution in [2.24, 2.45) is 0 Å². The van der Waals surface area contributed by atoms with Crippen molar-refractivity contribution in [2.45, 2.75) is 11.3 Å². The smallest absolute Gasteiger partial charge is 0.227 e. The van der Waals surface area contributed by atoms with Gasteiger partial charge < -0.3 is 5.32 Å². The lowest BCUT2D eigenvalue weighted by Crippen LogP contribution is -2.17. The van der Waals surface area contributed by atoms with Crippen LogP contribution in [0.1, 0.15) is 6.42 Å². The Morgan fingerprint density at radius 2 is 1.83 bits per heavy atom. The summed E-state index contributed by atoms with van der Waals surface area (Å²) in [5, 5.41) is 6.11. The standard InChI is InChI=1S/C19H14ClN3O3S3/c20-12-5-7-13(8-6-12)29(25,26)10-9-17(24)23-19-22-15(11-27-19)18-21-14-3-1-2-4-16(14)28-18/h1-8,11H,9-10H2,(H,22,23,24). The number of carbonyl (C=O) groups is 1. The van der Waals surface area contributed by atoms with Crippen molar-refractivity contribution in [2.75, 3.05) is 11.1 Å². The Labute approximate surface area is 180 Å². The average molecular weight is 464 g/mol. The summed E-state index contributed by atoms with van der Waals surface area (Å²) in [6, 6.07) is 13.7. The Bertz CT molecular complexity index is 1250. The van der Waals surface area contributed by atoms with E-state index in [4.69, 9.17) is 11.6 Å². The Balaban J connectivity index is 1.39. The molecule has 2 aromatic heterocycles. The number of hydrogen-bond acceptors (Lipinski definition) is 7. The molecule has 29 heavy (non-hydrogen) atoms. The Morgan fingerprint density at radius 1 is 1.07 bits per heavy atom. The second-order valence-corrected chi connectivity index (χ2v) is 10.5. The van der Waals surface area contributed by atoms with Crippen molar-refractivity contribution in [3.8, 4) is 10.7 Å². The molecule has 0 fully saturated rings. The van der Waals surface area contributed by atoms with E-state index in [0.29, 0.717) is 15.8 Å². The van der Waals surface area contributed by atoms with E-state index in [0.717, 1.165) is 15.2 Å². The van der Waals surface area contributed by atoms with Gasteiger partial charge >= 0.3 is 0 Å². The molecule has 0 atom stereocenters. The molecule has 2 heterocycles. The first-order chi connectivity index (χ1) is 13.9. The van der Waals surface area contributed by atoms with Crippen LogP contribution in [0.3, 0.4) is 0 Å². The summed E-state index contributed by atoms with van der Waals surface area (Å²) in [6.07, 6.45) is -0.166. The summed E-state index contributed by atoms with van der Waals surface area (Å²) in [5.41, 5.74) is 1.58. The summed E-state index contributed by atoms with van der Waals surface area (Å²) in [7, 11) is -3.56. The summed E-state index contributed by atoms with van der Waals surface area (Å²) in [5.74, 6) is -0.705. The summed E-state index contributed by atoms with van der Waals surface area (Å²) < 4.78 is 25.7. The van der Waals surface area contributed by atoms with Crippen LogP contribution < -0.4 is 5.32 Å². The fourth-order valence-corrected chi connectivity index (χ4v) is 5.66. The Morgan fingerprint density at radius 3 is 2.59 bits per heavy atom. The topological polar surface area (TPSA) is 89.0 Å². The maximum absolute atomic E-state index is 12.3. The third-order valence-electron chi connectivity index (χ3n) is 4.03. The molecular weight excluding hydrogens is 450 g/mol. The second-order valence-electron chi connectivity index (χ2n) is 6.10. The number of amides is 1. The molecule has 0 spiro atoms. The van der Waals surface area contributed by atoms with Crippen molar-refractivity contribution >= 4 is 65.4 Å². The molecule has 10 heteroatoms. The monoisotopic (exact) mass is 463 g/mol. The molecule has 0 aliphatic heterocycles. The number of para-hydroxylation sites is 1. The number of rotatable bonds is 6. The third kappa shape index (κ3) is 4.64. The van der Waals surface area contributed by atoms with Gasteiger partial charge in [-0.2, -0.15) is 0 Å². The highest BCUT2D eigenvalue weighted by atomic mass is 35.5. The van der Waals surface area contributed by atoms with Gasteiger partial charge in [0.05, 0.1) is 20.9 Å². The molecule has 6 nitrogen and oxygen atoms in total. The summed E-state index contributed by atoms with van der Waals surface area (Å²) in [4.78, 5) is 21.3. The van der Waals surface area contributed by atoms with E-state index >= 15 is 0 Å². The predicted octanol–water partition coefficient (Wildman–Crippen LogP) is 4.88. The molecule has 0 radical (unpaired) electrons. The number of sulfone groups is 1. The highest BCUT2D eigenvalue weighted by Gasteiger charge is 2.17. The van der Waals surface area contributed by atoms with Gasteiger partial charge in [-0.15, -0.1) is 22.7 Å². The molecule has 4 aromatic rings. The molecule has 1 amide bonds. The lowest BCUT2D eigenvalue weighted by molar-refractivity contribution is -0.115. The van der Waals surface area contributed by atoms with E-state index in [-0.39, 0.29) is 17.1 Å². The zero-order valence-corrected chi connectivity index (χ0v) is 18.0. The molecule has 0 aliphatic rings. The number of carbonyl (C=O) groups excluding carboxylic acids is 1. The predicted molar refractivity (Wildman–Crippen MR) is 117 cm³/mol. The lowest BCUT2D eigenvalue weighted by Gasteiger charge is -2.05. The first-order valence-electron chi connectivity index (χ1n) is 8.50. The van der Waals surface area contributed by atoms with E-state index in [2.05, 4.69) is 15.3 Å². The number of halogens is 1. The van der Waals surface area contributed by atoms with Gasteiger partial charge in [0.2, 0.25) is 5.91 Å². The van der Waals surface area contributed by atoms with Crippen molar-refractivity contribution < 1.29 is 13.2 Å². The SMILES string of the molecule is O=C(CCS(=O)(=O)c1ccc(Cl)cc1)Nc1nc(-c2nc3ccccc3s2)cs1. The van der Waals surface area contributed by atoms with Crippen molar-refractivity contribution in [3.05, 3.63) is 58.9 Å². The minimum atomic E-state index is -3.56. The maximum Gasteiger partial charge on any atom is 0.227 e. The zero-order chi connectivity index (χ0) is 20.4. The molecule has 148 valence electrons. The van der Waals surface area contributed by atoms with Crippen LogP contribution in [-0.2, 0) is 14.6 Å². The van der Waals surface area contributed by atoms with Gasteiger partial charge in [-0.1, -0.05) is 23.7 Å². The van der Waals surface area contributed by atoms with E-state index in [1.54, 1.807) is 0 Å². The normalized spacial score (nSPS) is 11.6. The summed E-state index contributed by atoms with van der Waals surface area (Å²) in [6.45, 7) is 0. The van der Waals surface area contributed by atoms with Crippen LogP contribution in [0.5, 0.6) is 0 Å². The first-order valence-corrected chi connectivity index (χ1v) is 12.2. The van der Waals surface area contributed by atoms with Gasteiger partial charge in [-0.3, -0.25) is 4.79 Å². The molecule has 1 N–H and O–H groups in total. The zero-order valence-electron chi connectivity index (χ0n) is 14.8. The number of nitrogens with one attached hydrogen (secondary N) is 1. The molecule has 0 bridgehead atoms. The number of thiazole rings is 2. The molecule has 0 saturated heterocycles. The van der Waals surface area contributed by atoms with E-state index in [1.807, 2.05) is 29.6 Å². The lowest BCUT2D eigenvalue weighted by atomic mass is 10.3. The number of nitrogens with zero attached hydrogens (tertiary/aromatic N) is 2. The van der Waals surface area contributed by atoms with Gasteiger partial charge in [0.1, 0.15) is 10.7 Å². The van der Waals surface area contributed by atoms with Crippen LogP contribution in [0.2, 0.25) is 5.02 Å². The number of hydrogen-bond donors (Lipinski definition) is 1. The van der Waals surface area contributed by atoms with Crippen LogP contribution in [-0.4, -0.2) is 30.0 Å². The molecule has 0 unspecified atom stereocenters. The van der Waals surface area contributed by atoms with Gasteiger partial charge in [0.25, 0.3) is 0 Å². The van der Waals surface area contributed by atoms with Gasteiger partial charge in [0, 0.05) is 16.8 Å². The Kier molecular flexibility index (Phi) is 5.64. The second kappa shape index (κ2) is 8.19. The molecule has 2 aromatic carbocycles. The molecule has 0 aliphatic carbocycles. The molecule has 4 rings (SSSR count). The van der Waals surface area contributed by atoms with E-state index < -0.39 is 15.7 Å². The van der Waals surface area contributed by atoms with Crippen molar-refractivity contribution in [1.82, 2.24) is 9.97 Å². The van der Waals surface area contributed by atoms with Crippen LogP contribution in [0, 0.1) is 0 Å². The highest BCUT2D eigenvalue weighted by molar-refractivity contribution is 7.91. The van der Waals surface area contributed by atoms with Gasteiger partial charge in [0.15, 0.2) is 15.0 Å². The average Bonchev–Trinajstić information content (AvgIpc) is 3.33. The minimum absolute atomic E-state index is 0.141. The van der Waals surface area contributed by atoms with Crippen molar-refractivity contribution in [1.29, 1.82) is 0 Å². The number of aromatic nitrogens is 2. The minimum Gasteiger partial charge on any atom is -0.302 e. The fraction of sp³-hybridized carbons (Fsp3) is 0.105. The van der Waals surface area contributed by atoms with Crippen LogP contribution >= 0.6 is 34.3 Å². The number of benzene rings is 2. The highest BCUT2D eigenvalue weighted by Crippen LogP contribution is 2.32. The van der Waals surface area contributed by atoms with Crippen LogP contribution in [0.15, 0.2) is 58.8 Å². The van der Waals surface area contributed by atoms with E-state index in [9.17, 15) is 13.2 Å². The van der Waals surface area contributed by atoms with Gasteiger partial charge in [-0.05, 0) is 36.4 Å². The molecular formula is C19H14ClN3O3S3. The Hall–Kier alpha value is -2.33. The number of fused-ring (bicyclic) bond motifs is 1. The van der Waals surface area contributed by atoms with Crippen LogP contribution in [0.25, 0.3) is 20.9 Å². The third-order valence-corrected chi connectivity index (χ3v) is 7.83. The maximum atomic E-state index is 12.3. The van der Waals surface area contributed by atoms with Gasteiger partial charge in [-0.25, -0.2) is 18.4 Å². The largest absolute Gasteiger partial charge is 0.302 e. The summed E-state index contributed by atoms with van der Waals surface area (Å²) >= 11 is 8.58. The fourth-order valence-electron chi connectivity index (χ4n) is 2.58. The first kappa shape index (κ1) is 20.0. The van der Waals surface area contributed by atoms with Crippen molar-refractivity contribution in [3.63, 3.8) is 0 Å². The number of anilines is 1.